The minimum Gasteiger partial charge on any atom is -0.480 e. The SMILES string of the molecule is COC(=O)C(C)(O)Cn1nc(OC)ccc1=O. The van der Waals surface area contributed by atoms with E-state index in [1.54, 1.807) is 0 Å². The third-order valence-corrected chi connectivity index (χ3v) is 2.13. The van der Waals surface area contributed by atoms with Gasteiger partial charge in [-0.25, -0.2) is 9.48 Å². The monoisotopic (exact) mass is 242 g/mol. The maximum atomic E-state index is 11.5. The zero-order valence-electron chi connectivity index (χ0n) is 9.84. The fourth-order valence-electron chi connectivity index (χ4n) is 1.23. The molecule has 0 aliphatic heterocycles. The average Bonchev–Trinajstić information content (AvgIpc) is 2.30. The lowest BCUT2D eigenvalue weighted by Crippen LogP contribution is -2.43. The first-order valence-corrected chi connectivity index (χ1v) is 4.83. The second kappa shape index (κ2) is 4.96. The summed E-state index contributed by atoms with van der Waals surface area (Å²) in [4.78, 5) is 22.7. The number of methoxy groups -OCH3 is 2. The van der Waals surface area contributed by atoms with Crippen molar-refractivity contribution in [2.45, 2.75) is 19.1 Å². The van der Waals surface area contributed by atoms with Gasteiger partial charge in [-0.2, -0.15) is 0 Å². The third kappa shape index (κ3) is 3.04. The van der Waals surface area contributed by atoms with Crippen molar-refractivity contribution >= 4 is 5.97 Å². The number of hydrogen-bond acceptors (Lipinski definition) is 6. The molecule has 7 nitrogen and oxygen atoms in total. The quantitative estimate of drug-likeness (QED) is 0.693. The van der Waals surface area contributed by atoms with Crippen molar-refractivity contribution in [2.75, 3.05) is 14.2 Å². The smallest absolute Gasteiger partial charge is 0.339 e. The van der Waals surface area contributed by atoms with Crippen LogP contribution >= 0.6 is 0 Å². The molecule has 0 spiro atoms. The molecule has 0 saturated carbocycles. The average molecular weight is 242 g/mol. The maximum absolute atomic E-state index is 11.5. The second-order valence-electron chi connectivity index (χ2n) is 3.64. The van der Waals surface area contributed by atoms with Gasteiger partial charge in [0.15, 0.2) is 5.60 Å². The molecule has 1 aromatic rings. The number of rotatable bonds is 4. The van der Waals surface area contributed by atoms with Crippen LogP contribution in [0, 0.1) is 0 Å². The fraction of sp³-hybridized carbons (Fsp3) is 0.500. The molecule has 0 fully saturated rings. The first-order valence-electron chi connectivity index (χ1n) is 4.83. The molecular formula is C10H14N2O5. The van der Waals surface area contributed by atoms with Crippen molar-refractivity contribution in [3.63, 3.8) is 0 Å². The third-order valence-electron chi connectivity index (χ3n) is 2.13. The minimum atomic E-state index is -1.82. The lowest BCUT2D eigenvalue weighted by Gasteiger charge is -2.20. The van der Waals surface area contributed by atoms with Gasteiger partial charge in [-0.1, -0.05) is 0 Å². The van der Waals surface area contributed by atoms with Crippen molar-refractivity contribution in [1.29, 1.82) is 0 Å². The number of carbonyl (C=O) groups is 1. The summed E-state index contributed by atoms with van der Waals surface area (Å²) >= 11 is 0. The predicted molar refractivity (Wildman–Crippen MR) is 57.7 cm³/mol. The van der Waals surface area contributed by atoms with Crippen LogP contribution in [0.2, 0.25) is 0 Å². The molecule has 0 saturated heterocycles. The van der Waals surface area contributed by atoms with E-state index in [1.165, 1.54) is 26.2 Å². The summed E-state index contributed by atoms with van der Waals surface area (Å²) in [6.45, 7) is 0.933. The van der Waals surface area contributed by atoms with Gasteiger partial charge < -0.3 is 14.6 Å². The molecule has 1 N–H and O–H groups in total. The summed E-state index contributed by atoms with van der Waals surface area (Å²) in [7, 11) is 2.55. The molecule has 0 aliphatic rings. The van der Waals surface area contributed by atoms with Crippen molar-refractivity contribution in [1.82, 2.24) is 9.78 Å². The van der Waals surface area contributed by atoms with Gasteiger partial charge in [0.2, 0.25) is 5.88 Å². The molecule has 17 heavy (non-hydrogen) atoms. The Kier molecular flexibility index (Phi) is 3.84. The Bertz CT molecular complexity index is 466. The maximum Gasteiger partial charge on any atom is 0.339 e. The molecule has 1 rings (SSSR count). The van der Waals surface area contributed by atoms with Gasteiger partial charge in [-0.05, 0) is 6.92 Å². The molecule has 0 radical (unpaired) electrons. The molecule has 1 unspecified atom stereocenters. The molecule has 0 aliphatic carbocycles. The summed E-state index contributed by atoms with van der Waals surface area (Å²) in [5.41, 5.74) is -2.27. The molecule has 7 heteroatoms. The van der Waals surface area contributed by atoms with Crippen molar-refractivity contribution in [3.8, 4) is 5.88 Å². The van der Waals surface area contributed by atoms with Crippen LogP contribution in [-0.4, -0.2) is 40.7 Å². The lowest BCUT2D eigenvalue weighted by atomic mass is 10.1. The van der Waals surface area contributed by atoms with Crippen molar-refractivity contribution in [2.24, 2.45) is 0 Å². The van der Waals surface area contributed by atoms with Crippen LogP contribution in [-0.2, 0) is 16.1 Å². The van der Waals surface area contributed by atoms with Crippen LogP contribution in [0.15, 0.2) is 16.9 Å². The summed E-state index contributed by atoms with van der Waals surface area (Å²) in [5, 5.41) is 13.6. The largest absolute Gasteiger partial charge is 0.480 e. The first kappa shape index (κ1) is 13.2. The number of aliphatic hydroxyl groups is 1. The lowest BCUT2D eigenvalue weighted by molar-refractivity contribution is -0.162. The fourth-order valence-corrected chi connectivity index (χ4v) is 1.23. The molecule has 1 atom stereocenters. The van der Waals surface area contributed by atoms with E-state index in [0.29, 0.717) is 0 Å². The second-order valence-corrected chi connectivity index (χ2v) is 3.64. The van der Waals surface area contributed by atoms with Crippen molar-refractivity contribution in [3.05, 3.63) is 22.5 Å². The number of ether oxygens (including phenoxy) is 2. The standard InChI is InChI=1S/C10H14N2O5/c1-10(15,9(14)17-3)6-12-8(13)5-4-7(11-12)16-2/h4-5,15H,6H2,1-3H3. The van der Waals surface area contributed by atoms with Gasteiger partial charge in [0, 0.05) is 12.1 Å². The summed E-state index contributed by atoms with van der Waals surface area (Å²) in [6, 6.07) is 2.63. The highest BCUT2D eigenvalue weighted by molar-refractivity contribution is 5.78. The van der Waals surface area contributed by atoms with E-state index in [0.717, 1.165) is 11.8 Å². The van der Waals surface area contributed by atoms with E-state index < -0.39 is 17.1 Å². The normalized spacial score (nSPS) is 13.9. The summed E-state index contributed by atoms with van der Waals surface area (Å²) < 4.78 is 10.2. The van der Waals surface area contributed by atoms with E-state index in [9.17, 15) is 14.7 Å². The Morgan fingerprint density at radius 2 is 2.18 bits per heavy atom. The van der Waals surface area contributed by atoms with Crippen LogP contribution in [0.4, 0.5) is 0 Å². The van der Waals surface area contributed by atoms with E-state index in [-0.39, 0.29) is 12.4 Å². The van der Waals surface area contributed by atoms with Crippen LogP contribution < -0.4 is 10.3 Å². The highest BCUT2D eigenvalue weighted by Gasteiger charge is 2.32. The van der Waals surface area contributed by atoms with Gasteiger partial charge in [0.1, 0.15) is 0 Å². The molecule has 0 aromatic carbocycles. The Balaban J connectivity index is 3.02. The Morgan fingerprint density at radius 1 is 1.53 bits per heavy atom. The molecule has 1 aromatic heterocycles. The Labute approximate surface area is 97.6 Å². The van der Waals surface area contributed by atoms with Gasteiger partial charge in [0.05, 0.1) is 20.8 Å². The molecular weight excluding hydrogens is 228 g/mol. The Hall–Kier alpha value is -1.89. The van der Waals surface area contributed by atoms with Crippen LogP contribution in [0.3, 0.4) is 0 Å². The highest BCUT2D eigenvalue weighted by atomic mass is 16.5. The number of carbonyl (C=O) groups excluding carboxylic acids is 1. The zero-order valence-corrected chi connectivity index (χ0v) is 9.84. The number of nitrogens with zero attached hydrogens (tertiary/aromatic N) is 2. The molecule has 0 bridgehead atoms. The van der Waals surface area contributed by atoms with E-state index in [1.807, 2.05) is 0 Å². The van der Waals surface area contributed by atoms with E-state index in [2.05, 4.69) is 9.84 Å². The van der Waals surface area contributed by atoms with Crippen LogP contribution in [0.25, 0.3) is 0 Å². The van der Waals surface area contributed by atoms with E-state index >= 15 is 0 Å². The number of aromatic nitrogens is 2. The molecule has 0 amide bonds. The van der Waals surface area contributed by atoms with Gasteiger partial charge in [-0.3, -0.25) is 4.79 Å². The zero-order chi connectivity index (χ0) is 13.1. The van der Waals surface area contributed by atoms with Gasteiger partial charge in [0.25, 0.3) is 5.56 Å². The minimum absolute atomic E-state index is 0.213. The number of hydrogen-bond donors (Lipinski definition) is 1. The molecule has 94 valence electrons. The van der Waals surface area contributed by atoms with Crippen LogP contribution in [0.5, 0.6) is 5.88 Å². The summed E-state index contributed by atoms with van der Waals surface area (Å²) in [5.74, 6) is -0.626. The van der Waals surface area contributed by atoms with Gasteiger partial charge in [-0.15, -0.1) is 5.10 Å². The highest BCUT2D eigenvalue weighted by Crippen LogP contribution is 2.09. The van der Waals surface area contributed by atoms with Gasteiger partial charge >= 0.3 is 5.97 Å². The van der Waals surface area contributed by atoms with Crippen LogP contribution in [0.1, 0.15) is 6.92 Å². The van der Waals surface area contributed by atoms with Crippen molar-refractivity contribution < 1.29 is 19.4 Å². The van der Waals surface area contributed by atoms with E-state index in [4.69, 9.17) is 4.74 Å². The predicted octanol–water partition coefficient (Wildman–Crippen LogP) is -0.824. The first-order chi connectivity index (χ1) is 7.90. The Morgan fingerprint density at radius 3 is 2.71 bits per heavy atom. The topological polar surface area (TPSA) is 90.7 Å². The summed E-state index contributed by atoms with van der Waals surface area (Å²) in [6.07, 6.45) is 0. The molecule has 1 heterocycles. The number of esters is 1.